The van der Waals surface area contributed by atoms with E-state index in [9.17, 15) is 0 Å². The summed E-state index contributed by atoms with van der Waals surface area (Å²) in [6.45, 7) is 4.19. The van der Waals surface area contributed by atoms with E-state index >= 15 is 0 Å². The standard InChI is InChI=1S/C19H19N3OS/c1-13-4-5-14(2)17(10-13)18-12-24-19(21-18)22-20-11-15-6-8-16(23-3)9-7-15/h4-12H,1-3H3,(H,21,22). The molecule has 0 aliphatic carbocycles. The van der Waals surface area contributed by atoms with Crippen molar-refractivity contribution in [2.24, 2.45) is 5.10 Å². The molecule has 24 heavy (non-hydrogen) atoms. The number of aromatic nitrogens is 1. The average Bonchev–Trinajstić information content (AvgIpc) is 3.06. The fourth-order valence-electron chi connectivity index (χ4n) is 2.31. The Balaban J connectivity index is 1.69. The van der Waals surface area contributed by atoms with Gasteiger partial charge in [-0.2, -0.15) is 5.10 Å². The quantitative estimate of drug-likeness (QED) is 0.533. The van der Waals surface area contributed by atoms with Gasteiger partial charge in [-0.1, -0.05) is 17.7 Å². The van der Waals surface area contributed by atoms with Crippen molar-refractivity contribution < 1.29 is 4.74 Å². The van der Waals surface area contributed by atoms with Gasteiger partial charge in [-0.15, -0.1) is 11.3 Å². The number of ether oxygens (including phenoxy) is 1. The number of anilines is 1. The highest BCUT2D eigenvalue weighted by Gasteiger charge is 2.07. The highest BCUT2D eigenvalue weighted by atomic mass is 32.1. The second-order valence-corrected chi connectivity index (χ2v) is 6.36. The van der Waals surface area contributed by atoms with Gasteiger partial charge in [-0.25, -0.2) is 4.98 Å². The second kappa shape index (κ2) is 7.27. The molecule has 0 amide bonds. The van der Waals surface area contributed by atoms with E-state index in [4.69, 9.17) is 4.74 Å². The third-order valence-electron chi connectivity index (χ3n) is 3.66. The molecule has 5 heteroatoms. The summed E-state index contributed by atoms with van der Waals surface area (Å²) in [5.74, 6) is 0.832. The average molecular weight is 337 g/mol. The maximum atomic E-state index is 5.14. The molecule has 1 N–H and O–H groups in total. The maximum absolute atomic E-state index is 5.14. The fraction of sp³-hybridized carbons (Fsp3) is 0.158. The largest absolute Gasteiger partial charge is 0.497 e. The van der Waals surface area contributed by atoms with Gasteiger partial charge < -0.3 is 4.74 Å². The Bertz CT molecular complexity index is 853. The van der Waals surface area contributed by atoms with Crippen LogP contribution in [0.2, 0.25) is 0 Å². The van der Waals surface area contributed by atoms with Gasteiger partial charge in [-0.05, 0) is 55.3 Å². The molecule has 0 radical (unpaired) electrons. The van der Waals surface area contributed by atoms with Crippen molar-refractivity contribution in [2.75, 3.05) is 12.5 Å². The number of rotatable bonds is 5. The van der Waals surface area contributed by atoms with Crippen LogP contribution in [0.3, 0.4) is 0 Å². The molecule has 0 fully saturated rings. The van der Waals surface area contributed by atoms with Crippen LogP contribution in [0, 0.1) is 13.8 Å². The van der Waals surface area contributed by atoms with E-state index in [2.05, 4.69) is 47.6 Å². The smallest absolute Gasteiger partial charge is 0.203 e. The fourth-order valence-corrected chi connectivity index (χ4v) is 2.97. The van der Waals surface area contributed by atoms with Crippen molar-refractivity contribution in [3.8, 4) is 17.0 Å². The van der Waals surface area contributed by atoms with E-state index in [-0.39, 0.29) is 0 Å². The molecular formula is C19H19N3OS. The summed E-state index contributed by atoms with van der Waals surface area (Å²) in [5.41, 5.74) is 8.58. The zero-order valence-electron chi connectivity index (χ0n) is 13.9. The van der Waals surface area contributed by atoms with E-state index in [0.29, 0.717) is 0 Å². The van der Waals surface area contributed by atoms with E-state index in [1.807, 2.05) is 29.6 Å². The molecule has 0 spiro atoms. The van der Waals surface area contributed by atoms with Gasteiger partial charge in [0.15, 0.2) is 0 Å². The molecule has 0 unspecified atom stereocenters. The topological polar surface area (TPSA) is 46.5 Å². The molecule has 0 aliphatic heterocycles. The Morgan fingerprint density at radius 2 is 1.92 bits per heavy atom. The lowest BCUT2D eigenvalue weighted by Gasteiger charge is -2.03. The van der Waals surface area contributed by atoms with Crippen molar-refractivity contribution in [2.45, 2.75) is 13.8 Å². The third-order valence-corrected chi connectivity index (χ3v) is 4.41. The summed E-state index contributed by atoms with van der Waals surface area (Å²) in [6, 6.07) is 14.1. The van der Waals surface area contributed by atoms with Gasteiger partial charge in [0.25, 0.3) is 0 Å². The summed E-state index contributed by atoms with van der Waals surface area (Å²) in [6.07, 6.45) is 1.76. The van der Waals surface area contributed by atoms with Crippen molar-refractivity contribution in [3.05, 3.63) is 64.5 Å². The molecule has 1 aromatic heterocycles. The molecule has 0 saturated carbocycles. The van der Waals surface area contributed by atoms with Crippen LogP contribution in [-0.4, -0.2) is 18.3 Å². The van der Waals surface area contributed by atoms with Gasteiger partial charge in [0.05, 0.1) is 19.0 Å². The van der Waals surface area contributed by atoms with Crippen LogP contribution >= 0.6 is 11.3 Å². The Morgan fingerprint density at radius 1 is 1.12 bits per heavy atom. The van der Waals surface area contributed by atoms with Crippen molar-refractivity contribution >= 4 is 22.7 Å². The minimum Gasteiger partial charge on any atom is -0.497 e. The monoisotopic (exact) mass is 337 g/mol. The lowest BCUT2D eigenvalue weighted by Crippen LogP contribution is -1.91. The van der Waals surface area contributed by atoms with Gasteiger partial charge >= 0.3 is 0 Å². The zero-order valence-corrected chi connectivity index (χ0v) is 14.7. The minimum absolute atomic E-state index is 0.774. The highest BCUT2D eigenvalue weighted by molar-refractivity contribution is 7.14. The molecule has 122 valence electrons. The van der Waals surface area contributed by atoms with Crippen LogP contribution < -0.4 is 10.2 Å². The zero-order chi connectivity index (χ0) is 16.9. The predicted octanol–water partition coefficient (Wildman–Crippen LogP) is 4.88. The number of nitrogens with one attached hydrogen (secondary N) is 1. The summed E-state index contributed by atoms with van der Waals surface area (Å²) >= 11 is 1.54. The van der Waals surface area contributed by atoms with Gasteiger partial charge in [-0.3, -0.25) is 5.43 Å². The van der Waals surface area contributed by atoms with E-state index in [1.165, 1.54) is 16.7 Å². The number of aryl methyl sites for hydroxylation is 2. The van der Waals surface area contributed by atoms with Crippen molar-refractivity contribution in [1.29, 1.82) is 0 Å². The van der Waals surface area contributed by atoms with Crippen molar-refractivity contribution in [1.82, 2.24) is 4.98 Å². The number of hydrogen-bond acceptors (Lipinski definition) is 5. The van der Waals surface area contributed by atoms with Gasteiger partial charge in [0, 0.05) is 10.9 Å². The predicted molar refractivity (Wildman–Crippen MR) is 101 cm³/mol. The van der Waals surface area contributed by atoms with Gasteiger partial charge in [0.2, 0.25) is 5.13 Å². The summed E-state index contributed by atoms with van der Waals surface area (Å²) in [5, 5.41) is 7.07. The van der Waals surface area contributed by atoms with Crippen LogP contribution in [-0.2, 0) is 0 Å². The summed E-state index contributed by atoms with van der Waals surface area (Å²) < 4.78 is 5.14. The maximum Gasteiger partial charge on any atom is 0.203 e. The number of thiazole rings is 1. The molecule has 0 atom stereocenters. The van der Waals surface area contributed by atoms with Crippen LogP contribution in [0.25, 0.3) is 11.3 Å². The SMILES string of the molecule is COc1ccc(C=NNc2nc(-c3cc(C)ccc3C)cs2)cc1. The molecule has 3 rings (SSSR count). The normalized spacial score (nSPS) is 11.0. The van der Waals surface area contributed by atoms with E-state index in [1.54, 1.807) is 24.7 Å². The number of nitrogens with zero attached hydrogens (tertiary/aromatic N) is 2. The van der Waals surface area contributed by atoms with Crippen LogP contribution in [0.1, 0.15) is 16.7 Å². The number of hydrogen-bond donors (Lipinski definition) is 1. The minimum atomic E-state index is 0.774. The van der Waals surface area contributed by atoms with E-state index < -0.39 is 0 Å². The molecule has 0 bridgehead atoms. The first-order chi connectivity index (χ1) is 11.7. The molecule has 0 saturated heterocycles. The Morgan fingerprint density at radius 3 is 2.67 bits per heavy atom. The summed E-state index contributed by atoms with van der Waals surface area (Å²) in [4.78, 5) is 4.61. The van der Waals surface area contributed by atoms with Crippen LogP contribution in [0.15, 0.2) is 52.9 Å². The summed E-state index contributed by atoms with van der Waals surface area (Å²) in [7, 11) is 1.65. The van der Waals surface area contributed by atoms with Crippen LogP contribution in [0.4, 0.5) is 5.13 Å². The van der Waals surface area contributed by atoms with Gasteiger partial charge in [0.1, 0.15) is 5.75 Å². The molecule has 1 heterocycles. The molecule has 3 aromatic rings. The van der Waals surface area contributed by atoms with Crippen LogP contribution in [0.5, 0.6) is 5.75 Å². The Kier molecular flexibility index (Phi) is 4.91. The number of methoxy groups -OCH3 is 1. The number of hydrazone groups is 1. The van der Waals surface area contributed by atoms with Crippen molar-refractivity contribution in [3.63, 3.8) is 0 Å². The highest BCUT2D eigenvalue weighted by Crippen LogP contribution is 2.28. The second-order valence-electron chi connectivity index (χ2n) is 5.50. The molecule has 2 aromatic carbocycles. The molecule has 4 nitrogen and oxygen atoms in total. The number of benzene rings is 2. The molecule has 0 aliphatic rings. The van der Waals surface area contributed by atoms with E-state index in [0.717, 1.165) is 22.1 Å². The Labute approximate surface area is 145 Å². The first-order valence-corrected chi connectivity index (χ1v) is 8.50. The Hall–Kier alpha value is -2.66. The lowest BCUT2D eigenvalue weighted by molar-refractivity contribution is 0.415. The lowest BCUT2D eigenvalue weighted by atomic mass is 10.0. The third kappa shape index (κ3) is 3.81. The first-order valence-electron chi connectivity index (χ1n) is 7.62. The first kappa shape index (κ1) is 16.2. The molecular weight excluding hydrogens is 318 g/mol.